The number of halogens is 1. The second kappa shape index (κ2) is 10.1. The molecule has 1 fully saturated rings. The van der Waals surface area contributed by atoms with Crippen LogP contribution in [0.3, 0.4) is 0 Å². The highest BCUT2D eigenvalue weighted by Crippen LogP contribution is 2.28. The van der Waals surface area contributed by atoms with Crippen molar-refractivity contribution >= 4 is 17.5 Å². The Morgan fingerprint density at radius 1 is 1.35 bits per heavy atom. The van der Waals surface area contributed by atoms with Gasteiger partial charge in [0.25, 0.3) is 0 Å². The summed E-state index contributed by atoms with van der Waals surface area (Å²) in [5.74, 6) is 0.978. The van der Waals surface area contributed by atoms with Gasteiger partial charge in [-0.15, -0.1) is 0 Å². The molecule has 3 heterocycles. The highest BCUT2D eigenvalue weighted by molar-refractivity contribution is 5.77. The first-order valence-electron chi connectivity index (χ1n) is 11.1. The standard InChI is InChI=1S/C23H28FN7O3/c1-14(2)31-10-17(9-27-31)28-23-26-13-25-22(29-23)16-4-5-19(15(3)8-16)34-20-6-7-30(11-18(20)24)21(33)12-32/h4-5,8-10,13-14,18,20,32H,6-7,11-12H2,1-3H3,(H,25,26,28,29)/t18-,20+/m1/s1. The van der Waals surface area contributed by atoms with Crippen molar-refractivity contribution in [3.8, 4) is 17.1 Å². The number of hydrogen-bond donors (Lipinski definition) is 2. The number of benzene rings is 1. The molecular weight excluding hydrogens is 441 g/mol. The van der Waals surface area contributed by atoms with E-state index in [1.165, 1.54) is 11.2 Å². The van der Waals surface area contributed by atoms with Gasteiger partial charge in [-0.05, 0) is 44.5 Å². The van der Waals surface area contributed by atoms with Crippen molar-refractivity contribution in [1.29, 1.82) is 0 Å². The minimum atomic E-state index is -1.33. The molecule has 0 bridgehead atoms. The van der Waals surface area contributed by atoms with Gasteiger partial charge in [0.15, 0.2) is 12.0 Å². The normalized spacial score (nSPS) is 18.2. The van der Waals surface area contributed by atoms with Crippen LogP contribution in [0.15, 0.2) is 36.9 Å². The van der Waals surface area contributed by atoms with Gasteiger partial charge >= 0.3 is 0 Å². The van der Waals surface area contributed by atoms with Gasteiger partial charge in [0.1, 0.15) is 24.8 Å². The Hall–Kier alpha value is -3.60. The number of aryl methyl sites for hydroxylation is 1. The van der Waals surface area contributed by atoms with Gasteiger partial charge in [-0.2, -0.15) is 10.1 Å². The fourth-order valence-corrected chi connectivity index (χ4v) is 3.74. The summed E-state index contributed by atoms with van der Waals surface area (Å²) in [6.45, 7) is 5.60. The lowest BCUT2D eigenvalue weighted by Gasteiger charge is -2.34. The molecule has 0 unspecified atom stereocenters. The largest absolute Gasteiger partial charge is 0.487 e. The van der Waals surface area contributed by atoms with Crippen LogP contribution in [0.1, 0.15) is 31.9 Å². The van der Waals surface area contributed by atoms with Crippen LogP contribution >= 0.6 is 0 Å². The van der Waals surface area contributed by atoms with Crippen molar-refractivity contribution in [3.05, 3.63) is 42.5 Å². The molecule has 4 rings (SSSR count). The molecule has 10 nitrogen and oxygen atoms in total. The van der Waals surface area contributed by atoms with Gasteiger partial charge in [0.2, 0.25) is 11.9 Å². The van der Waals surface area contributed by atoms with Gasteiger partial charge in [-0.3, -0.25) is 9.48 Å². The fourth-order valence-electron chi connectivity index (χ4n) is 3.74. The molecule has 0 aliphatic carbocycles. The lowest BCUT2D eigenvalue weighted by molar-refractivity contribution is -0.138. The lowest BCUT2D eigenvalue weighted by atomic mass is 10.0. The van der Waals surface area contributed by atoms with Gasteiger partial charge in [-0.1, -0.05) is 0 Å². The SMILES string of the molecule is Cc1cc(-c2ncnc(Nc3cnn(C(C)C)c3)n2)ccc1O[C@H]1CCN(C(=O)CO)C[C@H]1F. The number of amides is 1. The topological polar surface area (TPSA) is 118 Å². The lowest BCUT2D eigenvalue weighted by Crippen LogP contribution is -2.50. The predicted octanol–water partition coefficient (Wildman–Crippen LogP) is 2.68. The van der Waals surface area contributed by atoms with E-state index in [4.69, 9.17) is 9.84 Å². The molecule has 1 amide bonds. The Balaban J connectivity index is 1.44. The van der Waals surface area contributed by atoms with Gasteiger partial charge in [0, 0.05) is 30.8 Å². The maximum absolute atomic E-state index is 14.6. The number of piperidine rings is 1. The molecule has 0 radical (unpaired) electrons. The molecule has 2 aromatic heterocycles. The van der Waals surface area contributed by atoms with Crippen LogP contribution in [0, 0.1) is 6.92 Å². The van der Waals surface area contributed by atoms with E-state index in [1.807, 2.05) is 43.8 Å². The fraction of sp³-hybridized carbons (Fsp3) is 0.435. The van der Waals surface area contributed by atoms with Crippen molar-refractivity contribution < 1.29 is 19.0 Å². The maximum Gasteiger partial charge on any atom is 0.248 e. The summed E-state index contributed by atoms with van der Waals surface area (Å²) >= 11 is 0. The smallest absolute Gasteiger partial charge is 0.248 e. The number of aromatic nitrogens is 5. The first-order valence-corrected chi connectivity index (χ1v) is 11.1. The molecule has 3 aromatic rings. The van der Waals surface area contributed by atoms with E-state index < -0.39 is 24.8 Å². The van der Waals surface area contributed by atoms with Crippen molar-refractivity contribution in [2.75, 3.05) is 25.0 Å². The quantitative estimate of drug-likeness (QED) is 0.542. The summed E-state index contributed by atoms with van der Waals surface area (Å²) in [5, 5.41) is 16.4. The summed E-state index contributed by atoms with van der Waals surface area (Å²) < 4.78 is 22.3. The third-order valence-corrected chi connectivity index (χ3v) is 5.64. The molecular formula is C23H28FN7O3. The Morgan fingerprint density at radius 2 is 2.18 bits per heavy atom. The first kappa shape index (κ1) is 23.6. The van der Waals surface area contributed by atoms with Gasteiger partial charge < -0.3 is 20.1 Å². The van der Waals surface area contributed by atoms with E-state index in [9.17, 15) is 9.18 Å². The zero-order valence-corrected chi connectivity index (χ0v) is 19.3. The number of carbonyl (C=O) groups is 1. The van der Waals surface area contributed by atoms with Crippen LogP contribution < -0.4 is 10.1 Å². The molecule has 0 spiro atoms. The van der Waals surface area contributed by atoms with E-state index in [2.05, 4.69) is 25.4 Å². The van der Waals surface area contributed by atoms with Crippen LogP contribution in [0.2, 0.25) is 0 Å². The molecule has 34 heavy (non-hydrogen) atoms. The molecule has 0 saturated carbocycles. The number of rotatable bonds is 7. The number of alkyl halides is 1. The molecule has 1 aromatic carbocycles. The number of carbonyl (C=O) groups excluding carboxylic acids is 1. The van der Waals surface area contributed by atoms with E-state index >= 15 is 0 Å². The summed E-state index contributed by atoms with van der Waals surface area (Å²) in [6, 6.07) is 5.71. The molecule has 180 valence electrons. The van der Waals surface area contributed by atoms with E-state index in [0.717, 1.165) is 16.8 Å². The Labute approximate surface area is 196 Å². The highest BCUT2D eigenvalue weighted by atomic mass is 19.1. The zero-order chi connectivity index (χ0) is 24.2. The molecule has 1 aliphatic heterocycles. The monoisotopic (exact) mass is 469 g/mol. The summed E-state index contributed by atoms with van der Waals surface area (Å²) in [7, 11) is 0. The number of aliphatic hydroxyl groups excluding tert-OH is 1. The minimum absolute atomic E-state index is 0.0854. The summed E-state index contributed by atoms with van der Waals surface area (Å²) in [5.41, 5.74) is 2.36. The average Bonchev–Trinajstić information content (AvgIpc) is 3.30. The van der Waals surface area contributed by atoms with E-state index in [-0.39, 0.29) is 12.6 Å². The number of likely N-dealkylation sites (tertiary alicyclic amines) is 1. The molecule has 2 N–H and O–H groups in total. The molecule has 1 aliphatic rings. The van der Waals surface area contributed by atoms with Crippen molar-refractivity contribution in [2.24, 2.45) is 0 Å². The maximum atomic E-state index is 14.6. The number of aliphatic hydroxyl groups is 1. The first-order chi connectivity index (χ1) is 16.3. The number of hydrogen-bond acceptors (Lipinski definition) is 8. The zero-order valence-electron chi connectivity index (χ0n) is 19.3. The van der Waals surface area contributed by atoms with E-state index in [1.54, 1.807) is 12.3 Å². The highest BCUT2D eigenvalue weighted by Gasteiger charge is 2.33. The second-order valence-electron chi connectivity index (χ2n) is 8.50. The van der Waals surface area contributed by atoms with Crippen molar-refractivity contribution in [1.82, 2.24) is 29.6 Å². The van der Waals surface area contributed by atoms with Crippen LogP contribution in [-0.4, -0.2) is 72.6 Å². The Kier molecular flexibility index (Phi) is 7.01. The van der Waals surface area contributed by atoms with Crippen molar-refractivity contribution in [2.45, 2.75) is 45.5 Å². The number of ether oxygens (including phenoxy) is 1. The number of nitrogens with one attached hydrogen (secondary N) is 1. The van der Waals surface area contributed by atoms with Gasteiger partial charge in [0.05, 0.1) is 18.4 Å². The third kappa shape index (κ3) is 5.30. The Morgan fingerprint density at radius 3 is 2.85 bits per heavy atom. The van der Waals surface area contributed by atoms with Crippen LogP contribution in [-0.2, 0) is 4.79 Å². The third-order valence-electron chi connectivity index (χ3n) is 5.64. The van der Waals surface area contributed by atoms with E-state index in [0.29, 0.717) is 30.5 Å². The van der Waals surface area contributed by atoms with Crippen LogP contribution in [0.25, 0.3) is 11.4 Å². The molecule has 1 saturated heterocycles. The molecule has 2 atom stereocenters. The van der Waals surface area contributed by atoms with Gasteiger partial charge in [-0.25, -0.2) is 14.4 Å². The second-order valence-corrected chi connectivity index (χ2v) is 8.50. The summed E-state index contributed by atoms with van der Waals surface area (Å²) in [4.78, 5) is 25.9. The van der Waals surface area contributed by atoms with Crippen LogP contribution in [0.4, 0.5) is 16.0 Å². The number of nitrogens with zero attached hydrogens (tertiary/aromatic N) is 6. The Bertz CT molecular complexity index is 1150. The molecule has 11 heteroatoms. The predicted molar refractivity (Wildman–Crippen MR) is 123 cm³/mol. The number of anilines is 2. The summed E-state index contributed by atoms with van der Waals surface area (Å²) in [6.07, 6.45) is 3.39. The van der Waals surface area contributed by atoms with Crippen molar-refractivity contribution in [3.63, 3.8) is 0 Å². The average molecular weight is 470 g/mol. The van der Waals surface area contributed by atoms with Crippen LogP contribution in [0.5, 0.6) is 5.75 Å². The minimum Gasteiger partial charge on any atom is -0.487 e.